The molecule has 2 rings (SSSR count). The Morgan fingerprint density at radius 1 is 1.00 bits per heavy atom. The molecule has 16 heavy (non-hydrogen) atoms. The van der Waals surface area contributed by atoms with Crippen molar-refractivity contribution in [2.75, 3.05) is 0 Å². The predicted molar refractivity (Wildman–Crippen MR) is 67.9 cm³/mol. The third-order valence-corrected chi connectivity index (χ3v) is 2.80. The van der Waals surface area contributed by atoms with Crippen molar-refractivity contribution in [1.29, 1.82) is 0 Å². The van der Waals surface area contributed by atoms with Crippen molar-refractivity contribution >= 4 is 11.6 Å². The van der Waals surface area contributed by atoms with E-state index in [1.807, 2.05) is 18.2 Å². The van der Waals surface area contributed by atoms with Crippen molar-refractivity contribution in [1.82, 2.24) is 0 Å². The molecular formula is C14H13ClO. The van der Waals surface area contributed by atoms with Gasteiger partial charge in [-0.15, -0.1) is 0 Å². The van der Waals surface area contributed by atoms with E-state index in [0.717, 1.165) is 17.5 Å². The van der Waals surface area contributed by atoms with Crippen molar-refractivity contribution in [3.05, 3.63) is 53.1 Å². The van der Waals surface area contributed by atoms with Gasteiger partial charge in [0.2, 0.25) is 0 Å². The lowest BCUT2D eigenvalue weighted by molar-refractivity contribution is 0.475. The lowest BCUT2D eigenvalue weighted by Crippen LogP contribution is -1.81. The van der Waals surface area contributed by atoms with Crippen LogP contribution in [0.15, 0.2) is 42.5 Å². The molecular weight excluding hydrogens is 220 g/mol. The molecule has 0 unspecified atom stereocenters. The Labute approximate surface area is 100 Å². The molecule has 0 spiro atoms. The summed E-state index contributed by atoms with van der Waals surface area (Å²) in [7, 11) is 0. The third-order valence-electron chi connectivity index (χ3n) is 2.58. The van der Waals surface area contributed by atoms with Gasteiger partial charge in [0.15, 0.2) is 0 Å². The highest BCUT2D eigenvalue weighted by molar-refractivity contribution is 6.31. The van der Waals surface area contributed by atoms with Crippen molar-refractivity contribution in [3.63, 3.8) is 0 Å². The fraction of sp³-hybridized carbons (Fsp3) is 0.143. The molecule has 0 radical (unpaired) electrons. The number of hydrogen-bond acceptors (Lipinski definition) is 1. The van der Waals surface area contributed by atoms with E-state index in [0.29, 0.717) is 5.02 Å². The van der Waals surface area contributed by atoms with Crippen molar-refractivity contribution in [2.24, 2.45) is 0 Å². The minimum absolute atomic E-state index is 0.196. The van der Waals surface area contributed by atoms with Gasteiger partial charge in [0.05, 0.1) is 0 Å². The van der Waals surface area contributed by atoms with E-state index in [1.165, 1.54) is 11.6 Å². The first-order chi connectivity index (χ1) is 7.69. The van der Waals surface area contributed by atoms with Gasteiger partial charge in [0.1, 0.15) is 5.75 Å². The van der Waals surface area contributed by atoms with Gasteiger partial charge >= 0.3 is 0 Å². The molecule has 0 aliphatic rings. The van der Waals surface area contributed by atoms with Crippen molar-refractivity contribution in [2.45, 2.75) is 13.3 Å². The number of hydrogen-bond donors (Lipinski definition) is 1. The fourth-order valence-electron chi connectivity index (χ4n) is 1.67. The maximum absolute atomic E-state index is 9.47. The summed E-state index contributed by atoms with van der Waals surface area (Å²) < 4.78 is 0. The molecule has 0 saturated heterocycles. The molecule has 0 fully saturated rings. The van der Waals surface area contributed by atoms with E-state index < -0.39 is 0 Å². The van der Waals surface area contributed by atoms with Gasteiger partial charge < -0.3 is 5.11 Å². The van der Waals surface area contributed by atoms with E-state index >= 15 is 0 Å². The molecule has 0 saturated carbocycles. The molecule has 1 N–H and O–H groups in total. The maximum atomic E-state index is 9.47. The Balaban J connectivity index is 2.42. The zero-order valence-electron chi connectivity index (χ0n) is 9.07. The quantitative estimate of drug-likeness (QED) is 0.820. The van der Waals surface area contributed by atoms with Gasteiger partial charge in [-0.2, -0.15) is 0 Å². The Morgan fingerprint density at radius 3 is 2.25 bits per heavy atom. The summed E-state index contributed by atoms with van der Waals surface area (Å²) in [5, 5.41) is 10.0. The summed E-state index contributed by atoms with van der Waals surface area (Å²) >= 11 is 5.90. The van der Waals surface area contributed by atoms with Gasteiger partial charge in [-0.25, -0.2) is 0 Å². The smallest absolute Gasteiger partial charge is 0.117 e. The molecule has 0 amide bonds. The molecule has 1 nitrogen and oxygen atoms in total. The van der Waals surface area contributed by atoms with E-state index in [2.05, 4.69) is 19.1 Å². The van der Waals surface area contributed by atoms with Gasteiger partial charge in [-0.3, -0.25) is 0 Å². The van der Waals surface area contributed by atoms with Crippen LogP contribution in [0.4, 0.5) is 0 Å². The molecule has 0 bridgehead atoms. The number of phenols is 1. The lowest BCUT2D eigenvalue weighted by atomic mass is 10.0. The van der Waals surface area contributed by atoms with E-state index in [4.69, 9.17) is 11.6 Å². The van der Waals surface area contributed by atoms with E-state index in [-0.39, 0.29) is 5.75 Å². The number of rotatable bonds is 2. The van der Waals surface area contributed by atoms with Gasteiger partial charge in [0, 0.05) is 5.02 Å². The minimum atomic E-state index is 0.196. The average molecular weight is 233 g/mol. The second-order valence-electron chi connectivity index (χ2n) is 3.75. The van der Waals surface area contributed by atoms with Crippen molar-refractivity contribution in [3.8, 4) is 16.9 Å². The number of benzene rings is 2. The molecule has 2 heteroatoms. The predicted octanol–water partition coefficient (Wildman–Crippen LogP) is 4.28. The summed E-state index contributed by atoms with van der Waals surface area (Å²) in [5.41, 5.74) is 3.30. The van der Waals surface area contributed by atoms with Crippen LogP contribution in [0.25, 0.3) is 11.1 Å². The van der Waals surface area contributed by atoms with Crippen LogP contribution < -0.4 is 0 Å². The summed E-state index contributed by atoms with van der Waals surface area (Å²) in [6, 6.07) is 13.4. The minimum Gasteiger partial charge on any atom is -0.508 e. The average Bonchev–Trinajstić information content (AvgIpc) is 2.28. The molecule has 0 aromatic heterocycles. The first kappa shape index (κ1) is 11.0. The fourth-order valence-corrected chi connectivity index (χ4v) is 1.90. The third kappa shape index (κ3) is 2.37. The van der Waals surface area contributed by atoms with Crippen LogP contribution in [0.2, 0.25) is 5.02 Å². The molecule has 82 valence electrons. The Bertz CT molecular complexity index is 468. The first-order valence-corrected chi connectivity index (χ1v) is 5.65. The Morgan fingerprint density at radius 2 is 1.69 bits per heavy atom. The van der Waals surface area contributed by atoms with E-state index in [9.17, 15) is 5.11 Å². The second kappa shape index (κ2) is 4.58. The number of halogens is 1. The zero-order chi connectivity index (χ0) is 11.5. The Hall–Kier alpha value is -1.47. The van der Waals surface area contributed by atoms with Crippen LogP contribution in [0.3, 0.4) is 0 Å². The highest BCUT2D eigenvalue weighted by Gasteiger charge is 2.01. The topological polar surface area (TPSA) is 20.2 Å². The second-order valence-corrected chi connectivity index (χ2v) is 4.19. The van der Waals surface area contributed by atoms with Crippen LogP contribution in [-0.4, -0.2) is 5.11 Å². The van der Waals surface area contributed by atoms with Crippen molar-refractivity contribution < 1.29 is 5.11 Å². The molecule has 2 aromatic carbocycles. The number of phenolic OH excluding ortho intramolecular Hbond substituents is 1. The maximum Gasteiger partial charge on any atom is 0.117 e. The monoisotopic (exact) mass is 232 g/mol. The highest BCUT2D eigenvalue weighted by atomic mass is 35.5. The summed E-state index contributed by atoms with van der Waals surface area (Å²) in [6.45, 7) is 2.13. The van der Waals surface area contributed by atoms with Gasteiger partial charge in [0.25, 0.3) is 0 Å². The first-order valence-electron chi connectivity index (χ1n) is 5.28. The molecule has 2 aromatic rings. The number of aryl methyl sites for hydroxylation is 1. The molecule has 0 heterocycles. The zero-order valence-corrected chi connectivity index (χ0v) is 9.83. The summed E-state index contributed by atoms with van der Waals surface area (Å²) in [5.74, 6) is 0.196. The largest absolute Gasteiger partial charge is 0.508 e. The molecule has 0 aliphatic carbocycles. The van der Waals surface area contributed by atoms with Gasteiger partial charge in [-0.1, -0.05) is 42.8 Å². The molecule has 0 aliphatic heterocycles. The normalized spacial score (nSPS) is 10.4. The lowest BCUT2D eigenvalue weighted by Gasteiger charge is -2.04. The van der Waals surface area contributed by atoms with Crippen LogP contribution in [0.5, 0.6) is 5.75 Å². The summed E-state index contributed by atoms with van der Waals surface area (Å²) in [6.07, 6.45) is 1.03. The highest BCUT2D eigenvalue weighted by Crippen LogP contribution is 2.27. The standard InChI is InChI=1S/C14H13ClO/c1-2-10-3-5-11(6-4-10)12-7-13(15)9-14(16)8-12/h3-9,16H,2H2,1H3. The SMILES string of the molecule is CCc1ccc(-c2cc(O)cc(Cl)c2)cc1. The van der Waals surface area contributed by atoms with Gasteiger partial charge in [-0.05, 0) is 41.3 Å². The summed E-state index contributed by atoms with van der Waals surface area (Å²) in [4.78, 5) is 0. The van der Waals surface area contributed by atoms with Crippen LogP contribution >= 0.6 is 11.6 Å². The van der Waals surface area contributed by atoms with Crippen LogP contribution in [0, 0.1) is 0 Å². The van der Waals surface area contributed by atoms with E-state index in [1.54, 1.807) is 6.07 Å². The molecule has 0 atom stereocenters. The van der Waals surface area contributed by atoms with Crippen LogP contribution in [0.1, 0.15) is 12.5 Å². The van der Waals surface area contributed by atoms with Crippen LogP contribution in [-0.2, 0) is 6.42 Å². The number of aromatic hydroxyl groups is 1. The Kier molecular flexibility index (Phi) is 3.16.